The lowest BCUT2D eigenvalue weighted by atomic mass is 10.4. The number of hydrogen-bond acceptors (Lipinski definition) is 6. The molecule has 0 unspecified atom stereocenters. The van der Waals surface area contributed by atoms with Crippen molar-refractivity contribution in [2.45, 2.75) is 30.5 Å². The largest absolute Gasteiger partial charge is 0.369 e. The first kappa shape index (κ1) is 14.2. The predicted octanol–water partition coefficient (Wildman–Crippen LogP) is 3.31. The summed E-state index contributed by atoms with van der Waals surface area (Å²) in [5.74, 6) is 0.798. The van der Waals surface area contributed by atoms with Crippen molar-refractivity contribution < 1.29 is 0 Å². The van der Waals surface area contributed by atoms with Crippen LogP contribution in [0, 0.1) is 6.92 Å². The Morgan fingerprint density at radius 3 is 2.89 bits per heavy atom. The summed E-state index contributed by atoms with van der Waals surface area (Å²) in [7, 11) is 0. The minimum atomic E-state index is 0.681. The average Bonchev–Trinajstić information content (AvgIpc) is 2.40. The van der Waals surface area contributed by atoms with E-state index in [2.05, 4.69) is 48.1 Å². The lowest BCUT2D eigenvalue weighted by Gasteiger charge is -2.08. The third kappa shape index (κ3) is 3.87. The normalized spacial score (nSPS) is 10.5. The molecular weight excluding hydrogens is 326 g/mol. The second-order valence-corrected chi connectivity index (χ2v) is 5.60. The molecule has 2 heterocycles. The summed E-state index contributed by atoms with van der Waals surface area (Å²) in [5.41, 5.74) is 0.937. The first-order chi connectivity index (χ1) is 9.20. The van der Waals surface area contributed by atoms with Gasteiger partial charge in [0.05, 0.1) is 4.47 Å². The molecule has 0 spiro atoms. The zero-order valence-electron chi connectivity index (χ0n) is 10.7. The maximum absolute atomic E-state index is 4.35. The van der Waals surface area contributed by atoms with Crippen LogP contribution >= 0.6 is 27.7 Å². The van der Waals surface area contributed by atoms with Crippen LogP contribution in [0.5, 0.6) is 0 Å². The Balaban J connectivity index is 2.20. The Kier molecular flexibility index (Phi) is 5.09. The Morgan fingerprint density at radius 2 is 2.16 bits per heavy atom. The van der Waals surface area contributed by atoms with E-state index in [0.29, 0.717) is 5.16 Å². The summed E-state index contributed by atoms with van der Waals surface area (Å²) in [5, 5.41) is 4.73. The molecule has 0 saturated carbocycles. The van der Waals surface area contributed by atoms with Gasteiger partial charge in [-0.2, -0.15) is 0 Å². The standard InChI is InChI=1S/C12H14BrN5S/c1-3-5-14-10-9(13)11(17-7-16-10)19-12-15-6-4-8(2)18-12/h4,6-7H,3,5H2,1-2H3,(H,14,16,17). The highest BCUT2D eigenvalue weighted by atomic mass is 79.9. The zero-order chi connectivity index (χ0) is 13.7. The van der Waals surface area contributed by atoms with E-state index >= 15 is 0 Å². The minimum absolute atomic E-state index is 0.681. The van der Waals surface area contributed by atoms with E-state index < -0.39 is 0 Å². The Labute approximate surface area is 124 Å². The number of nitrogens with zero attached hydrogens (tertiary/aromatic N) is 4. The zero-order valence-corrected chi connectivity index (χ0v) is 13.1. The van der Waals surface area contributed by atoms with Crippen molar-refractivity contribution in [1.82, 2.24) is 19.9 Å². The topological polar surface area (TPSA) is 63.6 Å². The second-order valence-electron chi connectivity index (χ2n) is 3.85. The van der Waals surface area contributed by atoms with Crippen LogP contribution in [0.2, 0.25) is 0 Å². The summed E-state index contributed by atoms with van der Waals surface area (Å²) in [6, 6.07) is 1.87. The number of halogens is 1. The SMILES string of the molecule is CCCNc1ncnc(Sc2nccc(C)n2)c1Br. The molecule has 100 valence electrons. The van der Waals surface area contributed by atoms with Crippen molar-refractivity contribution in [3.8, 4) is 0 Å². The Bertz CT molecular complexity index is 564. The van der Waals surface area contributed by atoms with Crippen LogP contribution in [0.3, 0.4) is 0 Å². The van der Waals surface area contributed by atoms with Gasteiger partial charge in [-0.1, -0.05) is 6.92 Å². The molecule has 2 aromatic heterocycles. The van der Waals surface area contributed by atoms with Gasteiger partial charge in [-0.3, -0.25) is 0 Å². The van der Waals surface area contributed by atoms with Crippen molar-refractivity contribution in [2.24, 2.45) is 0 Å². The number of hydrogen-bond donors (Lipinski definition) is 1. The molecule has 0 atom stereocenters. The average molecular weight is 340 g/mol. The van der Waals surface area contributed by atoms with E-state index in [1.807, 2.05) is 13.0 Å². The van der Waals surface area contributed by atoms with Crippen LogP contribution in [-0.2, 0) is 0 Å². The van der Waals surface area contributed by atoms with E-state index in [-0.39, 0.29) is 0 Å². The van der Waals surface area contributed by atoms with Gasteiger partial charge in [0.1, 0.15) is 17.2 Å². The van der Waals surface area contributed by atoms with Crippen LogP contribution in [-0.4, -0.2) is 26.5 Å². The fourth-order valence-corrected chi connectivity index (χ4v) is 2.70. The highest BCUT2D eigenvalue weighted by Crippen LogP contribution is 2.33. The quantitative estimate of drug-likeness (QED) is 0.665. The second kappa shape index (κ2) is 6.81. The van der Waals surface area contributed by atoms with E-state index in [1.54, 1.807) is 12.5 Å². The fourth-order valence-electron chi connectivity index (χ4n) is 1.35. The monoisotopic (exact) mass is 339 g/mol. The number of rotatable bonds is 5. The molecule has 0 aliphatic carbocycles. The smallest absolute Gasteiger partial charge is 0.194 e. The Hall–Kier alpha value is -1.21. The molecule has 19 heavy (non-hydrogen) atoms. The highest BCUT2D eigenvalue weighted by molar-refractivity contribution is 9.10. The minimum Gasteiger partial charge on any atom is -0.369 e. The predicted molar refractivity (Wildman–Crippen MR) is 79.4 cm³/mol. The van der Waals surface area contributed by atoms with Crippen molar-refractivity contribution >= 4 is 33.5 Å². The van der Waals surface area contributed by atoms with Crippen molar-refractivity contribution in [3.05, 3.63) is 28.8 Å². The van der Waals surface area contributed by atoms with Gasteiger partial charge in [-0.25, -0.2) is 19.9 Å². The van der Waals surface area contributed by atoms with E-state index in [1.165, 1.54) is 11.8 Å². The van der Waals surface area contributed by atoms with Crippen LogP contribution < -0.4 is 5.32 Å². The van der Waals surface area contributed by atoms with Gasteiger partial charge < -0.3 is 5.32 Å². The molecule has 0 aliphatic heterocycles. The van der Waals surface area contributed by atoms with Gasteiger partial charge in [0.2, 0.25) is 0 Å². The van der Waals surface area contributed by atoms with Crippen LogP contribution in [0.15, 0.2) is 33.2 Å². The molecule has 2 rings (SSSR count). The molecule has 1 N–H and O–H groups in total. The Morgan fingerprint density at radius 1 is 1.32 bits per heavy atom. The maximum atomic E-state index is 4.35. The van der Waals surface area contributed by atoms with Gasteiger partial charge in [0, 0.05) is 18.4 Å². The number of aromatic nitrogens is 4. The van der Waals surface area contributed by atoms with Crippen molar-refractivity contribution in [2.75, 3.05) is 11.9 Å². The van der Waals surface area contributed by atoms with E-state index in [4.69, 9.17) is 0 Å². The van der Waals surface area contributed by atoms with Gasteiger partial charge >= 0.3 is 0 Å². The van der Waals surface area contributed by atoms with Crippen molar-refractivity contribution in [1.29, 1.82) is 0 Å². The summed E-state index contributed by atoms with van der Waals surface area (Å²) in [4.78, 5) is 17.0. The lowest BCUT2D eigenvalue weighted by molar-refractivity contribution is 0.918. The van der Waals surface area contributed by atoms with E-state index in [9.17, 15) is 0 Å². The molecule has 2 aromatic rings. The highest BCUT2D eigenvalue weighted by Gasteiger charge is 2.11. The van der Waals surface area contributed by atoms with Gasteiger partial charge in [-0.05, 0) is 47.1 Å². The number of anilines is 1. The molecule has 0 radical (unpaired) electrons. The molecule has 0 bridgehead atoms. The lowest BCUT2D eigenvalue weighted by Crippen LogP contribution is -2.04. The first-order valence-electron chi connectivity index (χ1n) is 5.92. The van der Waals surface area contributed by atoms with Crippen LogP contribution in [0.4, 0.5) is 5.82 Å². The van der Waals surface area contributed by atoms with Crippen LogP contribution in [0.1, 0.15) is 19.0 Å². The summed E-state index contributed by atoms with van der Waals surface area (Å²) < 4.78 is 0.846. The van der Waals surface area contributed by atoms with Crippen LogP contribution in [0.25, 0.3) is 0 Å². The summed E-state index contributed by atoms with van der Waals surface area (Å²) in [6.07, 6.45) is 4.33. The molecule has 0 aliphatic rings. The van der Waals surface area contributed by atoms with Gasteiger partial charge in [-0.15, -0.1) is 0 Å². The molecule has 5 nitrogen and oxygen atoms in total. The van der Waals surface area contributed by atoms with Crippen molar-refractivity contribution in [3.63, 3.8) is 0 Å². The first-order valence-corrected chi connectivity index (χ1v) is 7.53. The maximum Gasteiger partial charge on any atom is 0.194 e. The number of nitrogens with one attached hydrogen (secondary N) is 1. The van der Waals surface area contributed by atoms with Gasteiger partial charge in [0.25, 0.3) is 0 Å². The molecular formula is C12H14BrN5S. The third-order valence-electron chi connectivity index (χ3n) is 2.26. The molecule has 0 aromatic carbocycles. The van der Waals surface area contributed by atoms with E-state index in [0.717, 1.165) is 34.0 Å². The molecule has 7 heteroatoms. The third-order valence-corrected chi connectivity index (χ3v) is 4.16. The summed E-state index contributed by atoms with van der Waals surface area (Å²) >= 11 is 4.94. The number of aryl methyl sites for hydroxylation is 1. The summed E-state index contributed by atoms with van der Waals surface area (Å²) in [6.45, 7) is 4.92. The molecule has 0 saturated heterocycles. The molecule has 0 fully saturated rings. The van der Waals surface area contributed by atoms with Gasteiger partial charge in [0.15, 0.2) is 5.16 Å². The molecule has 0 amide bonds. The fraction of sp³-hybridized carbons (Fsp3) is 0.333.